The van der Waals surface area contributed by atoms with Gasteiger partial charge in [0.2, 0.25) is 11.6 Å². The number of allylic oxidation sites excluding steroid dienone is 10. The van der Waals surface area contributed by atoms with Crippen molar-refractivity contribution in [1.82, 2.24) is 0 Å². The standard InChI is InChI=1S/C34H22Cl2N2O2.Cu/c35-27-13-5-9-23(33(27)39)19-37-29-17-15-21-7-1-3-11-25(21)31(29)32-26-12-4-2-8-22(26)16-18-30(32)38-20-24-10-6-14-28(36)34(24)40;/h1-20,37-38H;/b23-19-,24-20-;. The number of fused-ring (bicyclic) bond motifs is 2. The first-order valence-electron chi connectivity index (χ1n) is 12.7. The van der Waals surface area contributed by atoms with Crippen LogP contribution in [-0.4, -0.2) is 11.6 Å². The van der Waals surface area contributed by atoms with Crippen molar-refractivity contribution in [1.29, 1.82) is 0 Å². The zero-order chi connectivity index (χ0) is 27.6. The fourth-order valence-corrected chi connectivity index (χ4v) is 5.28. The van der Waals surface area contributed by atoms with Gasteiger partial charge in [-0.25, -0.2) is 0 Å². The van der Waals surface area contributed by atoms with Crippen molar-refractivity contribution in [2.24, 2.45) is 0 Å². The van der Waals surface area contributed by atoms with Crippen LogP contribution in [-0.2, 0) is 26.7 Å². The molecule has 0 saturated heterocycles. The van der Waals surface area contributed by atoms with Crippen molar-refractivity contribution in [3.8, 4) is 11.1 Å². The molecule has 0 aliphatic heterocycles. The third-order valence-electron chi connectivity index (χ3n) is 6.87. The van der Waals surface area contributed by atoms with Gasteiger partial charge in [-0.05, 0) is 58.0 Å². The Morgan fingerprint density at radius 1 is 0.561 bits per heavy atom. The molecule has 4 aromatic rings. The molecule has 2 aliphatic carbocycles. The molecule has 41 heavy (non-hydrogen) atoms. The summed E-state index contributed by atoms with van der Waals surface area (Å²) in [5, 5.41) is 11.3. The van der Waals surface area contributed by atoms with Gasteiger partial charge in [0, 0.05) is 63.1 Å². The molecule has 0 fully saturated rings. The first kappa shape index (κ1) is 28.4. The molecule has 0 saturated carbocycles. The summed E-state index contributed by atoms with van der Waals surface area (Å²) in [7, 11) is 0. The molecule has 1 radical (unpaired) electrons. The second-order valence-corrected chi connectivity index (χ2v) is 10.1. The molecule has 0 heterocycles. The topological polar surface area (TPSA) is 58.2 Å². The minimum Gasteiger partial charge on any atom is -0.360 e. The van der Waals surface area contributed by atoms with Gasteiger partial charge in [0.15, 0.2) is 0 Å². The number of hydrogen-bond acceptors (Lipinski definition) is 4. The maximum absolute atomic E-state index is 12.6. The van der Waals surface area contributed by atoms with Crippen LogP contribution in [0.1, 0.15) is 0 Å². The van der Waals surface area contributed by atoms with Gasteiger partial charge in [-0.2, -0.15) is 0 Å². The van der Waals surface area contributed by atoms with Gasteiger partial charge in [0.25, 0.3) is 0 Å². The van der Waals surface area contributed by atoms with Crippen LogP contribution in [0.2, 0.25) is 0 Å². The Labute approximate surface area is 257 Å². The van der Waals surface area contributed by atoms with Crippen molar-refractivity contribution < 1.29 is 26.7 Å². The molecular formula is C34H22Cl2CuN2O2. The van der Waals surface area contributed by atoms with Crippen LogP contribution in [0.3, 0.4) is 0 Å². The van der Waals surface area contributed by atoms with Crippen molar-refractivity contribution in [3.05, 3.63) is 143 Å². The fraction of sp³-hybridized carbons (Fsp3) is 0. The van der Waals surface area contributed by atoms with Gasteiger partial charge in [-0.1, -0.05) is 96.0 Å². The summed E-state index contributed by atoms with van der Waals surface area (Å²) in [6.07, 6.45) is 13.5. The van der Waals surface area contributed by atoms with Crippen LogP contribution in [0.25, 0.3) is 32.7 Å². The van der Waals surface area contributed by atoms with Crippen molar-refractivity contribution in [3.63, 3.8) is 0 Å². The van der Waals surface area contributed by atoms with Crippen molar-refractivity contribution in [2.75, 3.05) is 10.6 Å². The predicted molar refractivity (Wildman–Crippen MR) is 166 cm³/mol. The summed E-state index contributed by atoms with van der Waals surface area (Å²) in [4.78, 5) is 25.2. The van der Waals surface area contributed by atoms with Gasteiger partial charge in [-0.3, -0.25) is 9.59 Å². The average molecular weight is 625 g/mol. The smallest absolute Gasteiger partial charge is 0.205 e. The number of halogens is 2. The first-order valence-corrected chi connectivity index (χ1v) is 13.4. The molecule has 2 aliphatic rings. The van der Waals surface area contributed by atoms with E-state index in [-0.39, 0.29) is 38.7 Å². The Hall–Kier alpha value is -4.12. The van der Waals surface area contributed by atoms with Crippen LogP contribution < -0.4 is 10.6 Å². The normalized spacial score (nSPS) is 16.6. The second kappa shape index (κ2) is 12.2. The summed E-state index contributed by atoms with van der Waals surface area (Å²) >= 11 is 12.2. The summed E-state index contributed by atoms with van der Waals surface area (Å²) in [5.74, 6) is -0.480. The molecular weight excluding hydrogens is 603 g/mol. The molecule has 0 amide bonds. The zero-order valence-corrected chi connectivity index (χ0v) is 23.9. The van der Waals surface area contributed by atoms with E-state index >= 15 is 0 Å². The van der Waals surface area contributed by atoms with Gasteiger partial charge in [-0.15, -0.1) is 0 Å². The van der Waals surface area contributed by atoms with E-state index in [1.54, 1.807) is 48.9 Å². The second-order valence-electron chi connectivity index (χ2n) is 9.31. The van der Waals surface area contributed by atoms with Gasteiger partial charge in [0.1, 0.15) is 0 Å². The largest absolute Gasteiger partial charge is 0.360 e. The minimum absolute atomic E-state index is 0. The summed E-state index contributed by atoms with van der Waals surface area (Å²) in [5.41, 5.74) is 4.43. The van der Waals surface area contributed by atoms with Gasteiger partial charge < -0.3 is 10.6 Å². The van der Waals surface area contributed by atoms with Crippen molar-refractivity contribution in [2.45, 2.75) is 0 Å². The number of carbonyl (C=O) groups excluding carboxylic acids is 2. The molecule has 2 N–H and O–H groups in total. The minimum atomic E-state index is -0.240. The van der Waals surface area contributed by atoms with E-state index < -0.39 is 0 Å². The van der Waals surface area contributed by atoms with E-state index in [0.717, 1.165) is 44.0 Å². The third-order valence-corrected chi connectivity index (χ3v) is 7.46. The zero-order valence-electron chi connectivity index (χ0n) is 21.4. The summed E-state index contributed by atoms with van der Waals surface area (Å²) in [6, 6.07) is 24.4. The number of rotatable bonds is 5. The molecule has 205 valence electrons. The third kappa shape index (κ3) is 5.58. The number of carbonyl (C=O) groups is 2. The molecule has 0 spiro atoms. The average Bonchev–Trinajstić information content (AvgIpc) is 2.98. The predicted octanol–water partition coefficient (Wildman–Crippen LogP) is 8.77. The van der Waals surface area contributed by atoms with E-state index in [2.05, 4.69) is 34.9 Å². The molecule has 7 heteroatoms. The van der Waals surface area contributed by atoms with Crippen LogP contribution in [0.5, 0.6) is 0 Å². The number of benzene rings is 4. The van der Waals surface area contributed by atoms with E-state index in [4.69, 9.17) is 23.2 Å². The van der Waals surface area contributed by atoms with Crippen LogP contribution in [0.4, 0.5) is 11.4 Å². The van der Waals surface area contributed by atoms with Crippen LogP contribution in [0.15, 0.2) is 143 Å². The molecule has 4 nitrogen and oxygen atoms in total. The maximum Gasteiger partial charge on any atom is 0.205 e. The Kier molecular flexibility index (Phi) is 8.44. The molecule has 6 rings (SSSR count). The molecule has 0 aromatic heterocycles. The van der Waals surface area contributed by atoms with Crippen LogP contribution in [0, 0.1) is 0 Å². The van der Waals surface area contributed by atoms with Crippen LogP contribution >= 0.6 is 23.2 Å². The number of nitrogens with one attached hydrogen (secondary N) is 2. The van der Waals surface area contributed by atoms with Crippen molar-refractivity contribution >= 4 is 67.7 Å². The van der Waals surface area contributed by atoms with E-state index in [0.29, 0.717) is 11.1 Å². The van der Waals surface area contributed by atoms with Gasteiger partial charge in [0.05, 0.1) is 10.1 Å². The number of Topliss-reactive ketones (excluding diaryl/α,β-unsaturated/α-hetero) is 2. The Morgan fingerprint density at radius 2 is 0.976 bits per heavy atom. The number of ketones is 2. The summed E-state index contributed by atoms with van der Waals surface area (Å²) in [6.45, 7) is 0. The maximum atomic E-state index is 12.6. The number of anilines is 2. The summed E-state index contributed by atoms with van der Waals surface area (Å²) < 4.78 is 0. The quantitative estimate of drug-likeness (QED) is 0.172. The molecule has 0 bridgehead atoms. The fourth-order valence-electron chi connectivity index (χ4n) is 4.91. The van der Waals surface area contributed by atoms with Gasteiger partial charge >= 0.3 is 0 Å². The Bertz CT molecular complexity index is 1780. The monoisotopic (exact) mass is 623 g/mol. The molecule has 4 aromatic carbocycles. The van der Waals surface area contributed by atoms with E-state index in [9.17, 15) is 9.59 Å². The molecule has 0 atom stereocenters. The first-order chi connectivity index (χ1) is 19.5. The number of hydrogen-bond donors (Lipinski definition) is 2. The SMILES string of the molecule is O=C1C(Cl)=CC=C/C1=C/Nc1ccc2ccccc2c1-c1c(N/C=C2/C=CC=C(Cl)C2=O)ccc2ccccc12.[Cu]. The van der Waals surface area contributed by atoms with E-state index in [1.807, 2.05) is 48.5 Å². The Morgan fingerprint density at radius 3 is 1.41 bits per heavy atom. The Balaban J connectivity index is 0.00000337. The molecule has 0 unspecified atom stereocenters. The van der Waals surface area contributed by atoms with E-state index in [1.165, 1.54) is 0 Å².